The molecule has 4 heteroatoms. The average Bonchev–Trinajstić information content (AvgIpc) is 2.99. The van der Waals surface area contributed by atoms with Crippen LogP contribution < -0.4 is 5.32 Å². The highest BCUT2D eigenvalue weighted by Gasteiger charge is 2.30. The second-order valence-corrected chi connectivity index (χ2v) is 6.16. The molecule has 0 spiro atoms. The maximum absolute atomic E-state index is 4.72. The van der Waals surface area contributed by atoms with E-state index in [1.165, 1.54) is 12.8 Å². The Kier molecular flexibility index (Phi) is 2.95. The lowest BCUT2D eigenvalue weighted by atomic mass is 9.92. The Morgan fingerprint density at radius 2 is 1.88 bits per heavy atom. The zero-order valence-corrected chi connectivity index (χ0v) is 11.8. The second kappa shape index (κ2) is 3.99. The number of anilines is 1. The second-order valence-electron chi connectivity index (χ2n) is 5.37. The molecule has 2 rings (SSSR count). The van der Waals surface area contributed by atoms with Crippen molar-refractivity contribution in [2.24, 2.45) is 0 Å². The lowest BCUT2D eigenvalue weighted by molar-refractivity contribution is 0.559. The number of aromatic nitrogens is 2. The van der Waals surface area contributed by atoms with E-state index in [-0.39, 0.29) is 5.41 Å². The van der Waals surface area contributed by atoms with Gasteiger partial charge >= 0.3 is 0 Å². The lowest BCUT2D eigenvalue weighted by Gasteiger charge is -2.21. The molecule has 0 aromatic carbocycles. The predicted octanol–water partition coefficient (Wildman–Crippen LogP) is 3.46. The molecule has 0 aliphatic heterocycles. The minimum Gasteiger partial charge on any atom is -0.372 e. The Morgan fingerprint density at radius 1 is 1.25 bits per heavy atom. The van der Waals surface area contributed by atoms with E-state index in [1.54, 1.807) is 0 Å². The maximum Gasteiger partial charge on any atom is 0.144 e. The molecular formula is C12H18BrN3. The Morgan fingerprint density at radius 3 is 2.31 bits per heavy atom. The summed E-state index contributed by atoms with van der Waals surface area (Å²) in [4.78, 5) is 9.27. The van der Waals surface area contributed by atoms with Gasteiger partial charge in [0.05, 0.1) is 10.2 Å². The molecular weight excluding hydrogens is 266 g/mol. The van der Waals surface area contributed by atoms with Crippen molar-refractivity contribution in [1.29, 1.82) is 0 Å². The van der Waals surface area contributed by atoms with E-state index in [0.29, 0.717) is 5.92 Å². The molecule has 1 aromatic rings. The number of hydrogen-bond donors (Lipinski definition) is 1. The van der Waals surface area contributed by atoms with Gasteiger partial charge in [0.25, 0.3) is 0 Å². The van der Waals surface area contributed by atoms with Crippen LogP contribution in [0.3, 0.4) is 0 Å². The summed E-state index contributed by atoms with van der Waals surface area (Å²) in [5.74, 6) is 2.49. The summed E-state index contributed by atoms with van der Waals surface area (Å²) in [7, 11) is 1.90. The summed E-state index contributed by atoms with van der Waals surface area (Å²) in [6, 6.07) is 0. The van der Waals surface area contributed by atoms with Gasteiger partial charge in [0, 0.05) is 18.4 Å². The minimum atomic E-state index is 0.0387. The van der Waals surface area contributed by atoms with Gasteiger partial charge in [-0.25, -0.2) is 9.97 Å². The summed E-state index contributed by atoms with van der Waals surface area (Å²) in [5, 5.41) is 3.13. The van der Waals surface area contributed by atoms with Crippen molar-refractivity contribution < 1.29 is 0 Å². The molecule has 0 atom stereocenters. The van der Waals surface area contributed by atoms with Gasteiger partial charge in [0.15, 0.2) is 0 Å². The van der Waals surface area contributed by atoms with E-state index in [2.05, 4.69) is 47.0 Å². The molecule has 1 saturated carbocycles. The molecule has 1 N–H and O–H groups in total. The van der Waals surface area contributed by atoms with Crippen molar-refractivity contribution in [1.82, 2.24) is 9.97 Å². The van der Waals surface area contributed by atoms with Crippen LogP contribution in [0.25, 0.3) is 0 Å². The maximum atomic E-state index is 4.72. The van der Waals surface area contributed by atoms with Gasteiger partial charge in [-0.1, -0.05) is 20.8 Å². The van der Waals surface area contributed by atoms with Gasteiger partial charge in [0.2, 0.25) is 0 Å². The quantitative estimate of drug-likeness (QED) is 0.903. The van der Waals surface area contributed by atoms with Gasteiger partial charge in [-0.3, -0.25) is 0 Å². The molecule has 1 aliphatic carbocycles. The Balaban J connectivity index is 2.53. The first kappa shape index (κ1) is 11.8. The smallest absolute Gasteiger partial charge is 0.144 e. The van der Waals surface area contributed by atoms with Crippen molar-refractivity contribution in [2.75, 3.05) is 12.4 Å². The molecule has 0 saturated heterocycles. The zero-order chi connectivity index (χ0) is 11.9. The third-order valence-electron chi connectivity index (χ3n) is 2.76. The SMILES string of the molecule is CNc1nc(C2CC2)nc(C(C)(C)C)c1Br. The van der Waals surface area contributed by atoms with Crippen LogP contribution in [0.4, 0.5) is 5.82 Å². The summed E-state index contributed by atoms with van der Waals surface area (Å²) in [6.45, 7) is 6.53. The molecule has 0 amide bonds. The van der Waals surface area contributed by atoms with Crippen molar-refractivity contribution in [3.05, 3.63) is 16.0 Å². The van der Waals surface area contributed by atoms with Crippen molar-refractivity contribution in [2.45, 2.75) is 44.9 Å². The lowest BCUT2D eigenvalue weighted by Crippen LogP contribution is -2.17. The van der Waals surface area contributed by atoms with Crippen LogP contribution in [0, 0.1) is 0 Å². The zero-order valence-electron chi connectivity index (χ0n) is 10.3. The van der Waals surface area contributed by atoms with Gasteiger partial charge < -0.3 is 5.32 Å². The van der Waals surface area contributed by atoms with Gasteiger partial charge in [-0.05, 0) is 28.8 Å². The molecule has 1 fully saturated rings. The standard InChI is InChI=1S/C12H18BrN3/c1-12(2,3)9-8(13)11(14-4)16-10(15-9)7-5-6-7/h7H,5-6H2,1-4H3,(H,14,15,16). The first-order valence-electron chi connectivity index (χ1n) is 5.69. The highest BCUT2D eigenvalue weighted by atomic mass is 79.9. The number of nitrogens with zero attached hydrogens (tertiary/aromatic N) is 2. The van der Waals surface area contributed by atoms with Crippen LogP contribution in [0.5, 0.6) is 0 Å². The summed E-state index contributed by atoms with van der Waals surface area (Å²) >= 11 is 3.59. The first-order valence-corrected chi connectivity index (χ1v) is 6.48. The normalized spacial score (nSPS) is 16.3. The van der Waals surface area contributed by atoms with Crippen LogP contribution in [0.2, 0.25) is 0 Å². The number of rotatable bonds is 2. The van der Waals surface area contributed by atoms with Gasteiger partial charge in [-0.2, -0.15) is 0 Å². The summed E-state index contributed by atoms with van der Waals surface area (Å²) in [6.07, 6.45) is 2.46. The molecule has 0 bridgehead atoms. The molecule has 1 aromatic heterocycles. The van der Waals surface area contributed by atoms with Crippen LogP contribution >= 0.6 is 15.9 Å². The largest absolute Gasteiger partial charge is 0.372 e. The monoisotopic (exact) mass is 283 g/mol. The third kappa shape index (κ3) is 2.21. The minimum absolute atomic E-state index is 0.0387. The molecule has 1 heterocycles. The van der Waals surface area contributed by atoms with E-state index >= 15 is 0 Å². The van der Waals surface area contributed by atoms with Crippen LogP contribution in [0.15, 0.2) is 4.47 Å². The van der Waals surface area contributed by atoms with E-state index < -0.39 is 0 Å². The Labute approximate surface area is 105 Å². The highest BCUT2D eigenvalue weighted by Crippen LogP contribution is 2.41. The predicted molar refractivity (Wildman–Crippen MR) is 70.0 cm³/mol. The Bertz CT molecular complexity index is 405. The van der Waals surface area contributed by atoms with E-state index in [1.807, 2.05) is 7.05 Å². The molecule has 88 valence electrons. The van der Waals surface area contributed by atoms with Crippen molar-refractivity contribution in [3.63, 3.8) is 0 Å². The summed E-state index contributed by atoms with van der Waals surface area (Å²) < 4.78 is 0.993. The van der Waals surface area contributed by atoms with E-state index in [4.69, 9.17) is 4.98 Å². The average molecular weight is 284 g/mol. The topological polar surface area (TPSA) is 37.8 Å². The van der Waals surface area contributed by atoms with Gasteiger partial charge in [-0.15, -0.1) is 0 Å². The first-order chi connectivity index (χ1) is 7.43. The fraction of sp³-hybridized carbons (Fsp3) is 0.667. The molecule has 1 aliphatic rings. The van der Waals surface area contributed by atoms with E-state index in [9.17, 15) is 0 Å². The summed E-state index contributed by atoms with van der Waals surface area (Å²) in [5.41, 5.74) is 1.13. The third-order valence-corrected chi connectivity index (χ3v) is 3.51. The van der Waals surface area contributed by atoms with Crippen molar-refractivity contribution >= 4 is 21.7 Å². The Hall–Kier alpha value is -0.640. The van der Waals surface area contributed by atoms with E-state index in [0.717, 1.165) is 21.8 Å². The number of hydrogen-bond acceptors (Lipinski definition) is 3. The van der Waals surface area contributed by atoms with Crippen molar-refractivity contribution in [3.8, 4) is 0 Å². The molecule has 0 radical (unpaired) electrons. The fourth-order valence-corrected chi connectivity index (χ4v) is 2.62. The number of halogens is 1. The molecule has 0 unspecified atom stereocenters. The van der Waals surface area contributed by atoms with Crippen LogP contribution in [-0.4, -0.2) is 17.0 Å². The molecule has 3 nitrogen and oxygen atoms in total. The highest BCUT2D eigenvalue weighted by molar-refractivity contribution is 9.10. The molecule has 16 heavy (non-hydrogen) atoms. The van der Waals surface area contributed by atoms with Crippen LogP contribution in [-0.2, 0) is 5.41 Å². The number of nitrogens with one attached hydrogen (secondary N) is 1. The van der Waals surface area contributed by atoms with Crippen LogP contribution in [0.1, 0.15) is 51.0 Å². The fourth-order valence-electron chi connectivity index (χ4n) is 1.65. The van der Waals surface area contributed by atoms with Gasteiger partial charge in [0.1, 0.15) is 11.6 Å².